The van der Waals surface area contributed by atoms with E-state index < -0.39 is 0 Å². The highest BCUT2D eigenvalue weighted by molar-refractivity contribution is 8.00. The monoisotopic (exact) mass is 340 g/mol. The van der Waals surface area contributed by atoms with Crippen molar-refractivity contribution in [2.75, 3.05) is 18.5 Å². The number of thioether (sulfide) groups is 1. The molecule has 2 N–H and O–H groups in total. The standard InChI is InChI=1S/C15H17ClN2OS2/c1-10-12(17)4-3-5-13(10)20-9-15(19)18(2)8-11-6-7-14(16)21-11/h3-7H,8-9,17H2,1-2H3. The zero-order valence-corrected chi connectivity index (χ0v) is 14.3. The zero-order chi connectivity index (χ0) is 15.4. The van der Waals surface area contributed by atoms with Crippen LogP contribution in [0.5, 0.6) is 0 Å². The topological polar surface area (TPSA) is 46.3 Å². The van der Waals surface area contributed by atoms with E-state index in [0.29, 0.717) is 12.3 Å². The van der Waals surface area contributed by atoms with Gasteiger partial charge in [0.2, 0.25) is 5.91 Å². The summed E-state index contributed by atoms with van der Waals surface area (Å²) in [5, 5.41) is 0. The van der Waals surface area contributed by atoms with Crippen molar-refractivity contribution in [2.45, 2.75) is 18.4 Å². The number of nitrogens with zero attached hydrogens (tertiary/aromatic N) is 1. The summed E-state index contributed by atoms with van der Waals surface area (Å²) < 4.78 is 0.746. The summed E-state index contributed by atoms with van der Waals surface area (Å²) >= 11 is 8.92. The molecule has 3 nitrogen and oxygen atoms in total. The number of rotatable bonds is 5. The summed E-state index contributed by atoms with van der Waals surface area (Å²) in [5.41, 5.74) is 7.66. The lowest BCUT2D eigenvalue weighted by atomic mass is 10.2. The normalized spacial score (nSPS) is 10.6. The lowest BCUT2D eigenvalue weighted by Gasteiger charge is -2.16. The molecule has 2 aromatic rings. The number of nitrogen functional groups attached to an aromatic ring is 1. The molecule has 112 valence electrons. The average Bonchev–Trinajstić information content (AvgIpc) is 2.85. The van der Waals surface area contributed by atoms with Crippen molar-refractivity contribution < 1.29 is 4.79 Å². The molecule has 0 fully saturated rings. The minimum absolute atomic E-state index is 0.0892. The molecule has 1 aromatic carbocycles. The summed E-state index contributed by atoms with van der Waals surface area (Å²) in [6.45, 7) is 2.56. The maximum atomic E-state index is 12.2. The predicted octanol–water partition coefficient (Wildman–Crippen LogP) is 4.04. The van der Waals surface area contributed by atoms with E-state index in [0.717, 1.165) is 25.4 Å². The first kappa shape index (κ1) is 16.2. The van der Waals surface area contributed by atoms with Crippen LogP contribution in [0.15, 0.2) is 35.2 Å². The van der Waals surface area contributed by atoms with Gasteiger partial charge in [-0.3, -0.25) is 4.79 Å². The fourth-order valence-corrected chi connectivity index (χ4v) is 3.95. The highest BCUT2D eigenvalue weighted by Crippen LogP contribution is 2.27. The molecule has 21 heavy (non-hydrogen) atoms. The average molecular weight is 341 g/mol. The fourth-order valence-electron chi connectivity index (χ4n) is 1.80. The molecule has 0 saturated carbocycles. The van der Waals surface area contributed by atoms with E-state index in [-0.39, 0.29) is 5.91 Å². The van der Waals surface area contributed by atoms with Crippen molar-refractivity contribution >= 4 is 46.3 Å². The Morgan fingerprint density at radius 3 is 2.81 bits per heavy atom. The summed E-state index contributed by atoms with van der Waals surface area (Å²) in [6, 6.07) is 9.57. The van der Waals surface area contributed by atoms with E-state index in [1.54, 1.807) is 4.90 Å². The van der Waals surface area contributed by atoms with E-state index in [2.05, 4.69) is 0 Å². The van der Waals surface area contributed by atoms with Gasteiger partial charge in [0.15, 0.2) is 0 Å². The third kappa shape index (κ3) is 4.40. The van der Waals surface area contributed by atoms with E-state index in [4.69, 9.17) is 17.3 Å². The zero-order valence-electron chi connectivity index (χ0n) is 11.9. The molecule has 0 radical (unpaired) electrons. The summed E-state index contributed by atoms with van der Waals surface area (Å²) in [6.07, 6.45) is 0. The number of nitrogens with two attached hydrogens (primary N) is 1. The first-order chi connectivity index (χ1) is 9.97. The van der Waals surface area contributed by atoms with Crippen LogP contribution < -0.4 is 5.73 Å². The Morgan fingerprint density at radius 1 is 1.38 bits per heavy atom. The van der Waals surface area contributed by atoms with Gasteiger partial charge in [0.05, 0.1) is 16.6 Å². The molecule has 1 heterocycles. The number of hydrogen-bond acceptors (Lipinski definition) is 4. The SMILES string of the molecule is Cc1c(N)cccc1SCC(=O)N(C)Cc1ccc(Cl)s1. The number of carbonyl (C=O) groups excluding carboxylic acids is 1. The largest absolute Gasteiger partial charge is 0.398 e. The van der Waals surface area contributed by atoms with Crippen LogP contribution in [0, 0.1) is 6.92 Å². The number of benzene rings is 1. The molecule has 2 rings (SSSR count). The summed E-state index contributed by atoms with van der Waals surface area (Å²) in [5.74, 6) is 0.492. The molecule has 0 saturated heterocycles. The summed E-state index contributed by atoms with van der Waals surface area (Å²) in [4.78, 5) is 16.0. The quantitative estimate of drug-likeness (QED) is 0.660. The number of thiophene rings is 1. The molecule has 1 aromatic heterocycles. The van der Waals surface area contributed by atoms with Gasteiger partial charge in [-0.2, -0.15) is 0 Å². The Kier molecular flexibility index (Phi) is 5.56. The smallest absolute Gasteiger partial charge is 0.233 e. The molecule has 0 aliphatic rings. The van der Waals surface area contributed by atoms with Crippen molar-refractivity contribution in [1.82, 2.24) is 4.90 Å². The Hall–Kier alpha value is -1.17. The number of anilines is 1. The highest BCUT2D eigenvalue weighted by atomic mass is 35.5. The Balaban J connectivity index is 1.90. The predicted molar refractivity (Wildman–Crippen MR) is 92.1 cm³/mol. The molecular formula is C15H17ClN2OS2. The van der Waals surface area contributed by atoms with E-state index >= 15 is 0 Å². The van der Waals surface area contributed by atoms with Crippen molar-refractivity contribution in [3.8, 4) is 0 Å². The van der Waals surface area contributed by atoms with Crippen LogP contribution in [0.3, 0.4) is 0 Å². The lowest BCUT2D eigenvalue weighted by molar-refractivity contribution is -0.127. The molecular weight excluding hydrogens is 324 g/mol. The maximum Gasteiger partial charge on any atom is 0.233 e. The molecule has 0 atom stereocenters. The molecule has 1 amide bonds. The Bertz CT molecular complexity index is 642. The molecule has 0 aliphatic carbocycles. The van der Waals surface area contributed by atoms with E-state index in [9.17, 15) is 4.79 Å². The van der Waals surface area contributed by atoms with Gasteiger partial charge < -0.3 is 10.6 Å². The van der Waals surface area contributed by atoms with Crippen LogP contribution >= 0.6 is 34.7 Å². The van der Waals surface area contributed by atoms with Crippen LogP contribution in [0.25, 0.3) is 0 Å². The Morgan fingerprint density at radius 2 is 2.14 bits per heavy atom. The van der Waals surface area contributed by atoms with Gasteiger partial charge in [0, 0.05) is 22.5 Å². The minimum Gasteiger partial charge on any atom is -0.398 e. The number of hydrogen-bond donors (Lipinski definition) is 1. The number of carbonyl (C=O) groups is 1. The van der Waals surface area contributed by atoms with Crippen LogP contribution in [-0.2, 0) is 11.3 Å². The highest BCUT2D eigenvalue weighted by Gasteiger charge is 2.12. The Labute approximate surface area is 138 Å². The second-order valence-corrected chi connectivity index (χ2v) is 7.53. The van der Waals surface area contributed by atoms with Crippen molar-refractivity contribution in [2.24, 2.45) is 0 Å². The molecule has 0 spiro atoms. The molecule has 0 unspecified atom stereocenters. The van der Waals surface area contributed by atoms with Gasteiger partial charge in [0.1, 0.15) is 0 Å². The minimum atomic E-state index is 0.0892. The number of halogens is 1. The van der Waals surface area contributed by atoms with E-state index in [1.165, 1.54) is 23.1 Å². The first-order valence-electron chi connectivity index (χ1n) is 6.43. The molecule has 0 aliphatic heterocycles. The number of amides is 1. The molecule has 0 bridgehead atoms. The van der Waals surface area contributed by atoms with E-state index in [1.807, 2.05) is 44.3 Å². The van der Waals surface area contributed by atoms with Crippen molar-refractivity contribution in [3.05, 3.63) is 45.1 Å². The summed E-state index contributed by atoms with van der Waals surface area (Å²) in [7, 11) is 1.81. The van der Waals surface area contributed by atoms with Gasteiger partial charge in [0.25, 0.3) is 0 Å². The van der Waals surface area contributed by atoms with Crippen LogP contribution in [-0.4, -0.2) is 23.6 Å². The molecule has 6 heteroatoms. The van der Waals surface area contributed by atoms with Gasteiger partial charge in [-0.25, -0.2) is 0 Å². The van der Waals surface area contributed by atoms with Crippen molar-refractivity contribution in [1.29, 1.82) is 0 Å². The van der Waals surface area contributed by atoms with Gasteiger partial charge in [-0.1, -0.05) is 17.7 Å². The van der Waals surface area contributed by atoms with Crippen LogP contribution in [0.2, 0.25) is 4.34 Å². The van der Waals surface area contributed by atoms with Crippen LogP contribution in [0.1, 0.15) is 10.4 Å². The second-order valence-electron chi connectivity index (χ2n) is 4.71. The lowest BCUT2D eigenvalue weighted by Crippen LogP contribution is -2.27. The van der Waals surface area contributed by atoms with Gasteiger partial charge in [-0.05, 0) is 36.8 Å². The van der Waals surface area contributed by atoms with Gasteiger partial charge in [-0.15, -0.1) is 23.1 Å². The van der Waals surface area contributed by atoms with Gasteiger partial charge >= 0.3 is 0 Å². The van der Waals surface area contributed by atoms with Crippen LogP contribution in [0.4, 0.5) is 5.69 Å². The second kappa shape index (κ2) is 7.20. The first-order valence-corrected chi connectivity index (χ1v) is 8.61. The maximum absolute atomic E-state index is 12.2. The fraction of sp³-hybridized carbons (Fsp3) is 0.267. The third-order valence-electron chi connectivity index (χ3n) is 3.12. The third-order valence-corrected chi connectivity index (χ3v) is 5.49. The van der Waals surface area contributed by atoms with Crippen molar-refractivity contribution in [3.63, 3.8) is 0 Å².